The highest BCUT2D eigenvalue weighted by Gasteiger charge is 2.35. The second-order valence-corrected chi connectivity index (χ2v) is 6.81. The minimum absolute atomic E-state index is 0.229. The van der Waals surface area contributed by atoms with Gasteiger partial charge in [0.2, 0.25) is 0 Å². The Kier molecular flexibility index (Phi) is 6.78. The summed E-state index contributed by atoms with van der Waals surface area (Å²) in [5, 5.41) is 0. The number of rotatable bonds is 6. The average Bonchev–Trinajstić information content (AvgIpc) is 2.61. The molecule has 3 nitrogen and oxygen atoms in total. The van der Waals surface area contributed by atoms with E-state index in [2.05, 4.69) is 44.5 Å². The first-order chi connectivity index (χ1) is 8.95. The van der Waals surface area contributed by atoms with E-state index in [9.17, 15) is 0 Å². The third-order valence-corrected chi connectivity index (χ3v) is 5.15. The van der Waals surface area contributed by atoms with Gasteiger partial charge < -0.3 is 10.6 Å². The van der Waals surface area contributed by atoms with E-state index in [1.165, 1.54) is 45.3 Å². The molecule has 0 spiro atoms. The molecule has 19 heavy (non-hydrogen) atoms. The molecule has 0 bridgehead atoms. The van der Waals surface area contributed by atoms with Crippen LogP contribution in [0.4, 0.5) is 0 Å². The molecule has 0 aromatic heterocycles. The number of nitrogens with zero attached hydrogens (tertiary/aromatic N) is 2. The van der Waals surface area contributed by atoms with Crippen LogP contribution in [-0.4, -0.2) is 54.6 Å². The summed E-state index contributed by atoms with van der Waals surface area (Å²) in [5.74, 6) is 0.762. The van der Waals surface area contributed by atoms with Crippen molar-refractivity contribution in [3.63, 3.8) is 0 Å². The summed E-state index contributed by atoms with van der Waals surface area (Å²) in [7, 11) is 2.28. The number of hydrogen-bond donors (Lipinski definition) is 1. The lowest BCUT2D eigenvalue weighted by atomic mass is 9.88. The van der Waals surface area contributed by atoms with Crippen LogP contribution in [0.25, 0.3) is 0 Å². The lowest BCUT2D eigenvalue weighted by Gasteiger charge is -2.42. The van der Waals surface area contributed by atoms with Gasteiger partial charge in [-0.15, -0.1) is 0 Å². The minimum Gasteiger partial charge on any atom is -0.329 e. The zero-order chi connectivity index (χ0) is 14.5. The maximum atomic E-state index is 6.19. The molecule has 0 aromatic rings. The van der Waals surface area contributed by atoms with E-state index < -0.39 is 0 Å². The Labute approximate surface area is 120 Å². The Balaban J connectivity index is 2.69. The first kappa shape index (κ1) is 16.9. The fourth-order valence-corrected chi connectivity index (χ4v) is 3.25. The molecule has 0 aliphatic carbocycles. The highest BCUT2D eigenvalue weighted by atomic mass is 15.2. The second-order valence-electron chi connectivity index (χ2n) is 6.81. The van der Waals surface area contributed by atoms with E-state index in [1.54, 1.807) is 0 Å². The van der Waals surface area contributed by atoms with Crippen molar-refractivity contribution in [3.8, 4) is 0 Å². The molecular weight excluding hydrogens is 234 g/mol. The van der Waals surface area contributed by atoms with Gasteiger partial charge in [-0.2, -0.15) is 0 Å². The van der Waals surface area contributed by atoms with Crippen LogP contribution in [0.1, 0.15) is 53.4 Å². The van der Waals surface area contributed by atoms with Gasteiger partial charge in [-0.1, -0.05) is 20.3 Å². The Hall–Kier alpha value is -0.120. The fourth-order valence-electron chi connectivity index (χ4n) is 3.25. The Morgan fingerprint density at radius 2 is 1.89 bits per heavy atom. The summed E-state index contributed by atoms with van der Waals surface area (Å²) < 4.78 is 0. The third kappa shape index (κ3) is 4.44. The van der Waals surface area contributed by atoms with Crippen LogP contribution in [0.5, 0.6) is 0 Å². The first-order valence-electron chi connectivity index (χ1n) is 8.10. The van der Waals surface area contributed by atoms with Gasteiger partial charge in [0.05, 0.1) is 0 Å². The lowest BCUT2D eigenvalue weighted by Crippen LogP contribution is -2.53. The van der Waals surface area contributed by atoms with Crippen molar-refractivity contribution in [2.45, 2.75) is 65.0 Å². The molecule has 2 unspecified atom stereocenters. The number of nitrogens with two attached hydrogens (primary N) is 1. The zero-order valence-electron chi connectivity index (χ0n) is 13.8. The van der Waals surface area contributed by atoms with Gasteiger partial charge in [0.1, 0.15) is 0 Å². The Morgan fingerprint density at radius 3 is 2.42 bits per heavy atom. The molecule has 1 saturated heterocycles. The molecule has 0 amide bonds. The largest absolute Gasteiger partial charge is 0.329 e. The normalized spacial score (nSPS) is 27.8. The third-order valence-electron chi connectivity index (χ3n) is 5.15. The van der Waals surface area contributed by atoms with Gasteiger partial charge in [0.25, 0.3) is 0 Å². The molecule has 2 N–H and O–H groups in total. The topological polar surface area (TPSA) is 32.5 Å². The molecule has 0 saturated carbocycles. The van der Waals surface area contributed by atoms with Crippen LogP contribution in [-0.2, 0) is 0 Å². The van der Waals surface area contributed by atoms with E-state index in [0.29, 0.717) is 6.04 Å². The van der Waals surface area contributed by atoms with E-state index in [4.69, 9.17) is 5.73 Å². The maximum absolute atomic E-state index is 6.19. The molecule has 1 fully saturated rings. The molecule has 1 heterocycles. The highest BCUT2D eigenvalue weighted by Crippen LogP contribution is 2.28. The lowest BCUT2D eigenvalue weighted by molar-refractivity contribution is 0.0893. The van der Waals surface area contributed by atoms with Gasteiger partial charge in [-0.3, -0.25) is 4.90 Å². The molecular formula is C16H35N3. The van der Waals surface area contributed by atoms with Crippen molar-refractivity contribution in [2.24, 2.45) is 11.7 Å². The standard InChI is InChI=1S/C16H35N3/c1-6-15(4)12-18(5)16(13-17)8-7-10-19(11-9-16)14(2)3/h14-15H,6-13,17H2,1-5H3. The van der Waals surface area contributed by atoms with Crippen LogP contribution in [0.2, 0.25) is 0 Å². The average molecular weight is 269 g/mol. The van der Waals surface area contributed by atoms with Crippen molar-refractivity contribution in [2.75, 3.05) is 33.2 Å². The second kappa shape index (κ2) is 7.61. The first-order valence-corrected chi connectivity index (χ1v) is 8.10. The molecule has 1 rings (SSSR count). The van der Waals surface area contributed by atoms with Crippen LogP contribution >= 0.6 is 0 Å². The zero-order valence-corrected chi connectivity index (χ0v) is 13.8. The van der Waals surface area contributed by atoms with E-state index in [1.807, 2.05) is 0 Å². The predicted molar refractivity (Wildman–Crippen MR) is 84.4 cm³/mol. The molecule has 1 aliphatic heterocycles. The summed E-state index contributed by atoms with van der Waals surface area (Å²) in [6.07, 6.45) is 5.00. The summed E-state index contributed by atoms with van der Waals surface area (Å²) in [5.41, 5.74) is 6.42. The van der Waals surface area contributed by atoms with E-state index in [-0.39, 0.29) is 5.54 Å². The number of likely N-dealkylation sites (N-methyl/N-ethyl adjacent to an activating group) is 1. The van der Waals surface area contributed by atoms with E-state index in [0.717, 1.165) is 12.5 Å². The number of hydrogen-bond acceptors (Lipinski definition) is 3. The highest BCUT2D eigenvalue weighted by molar-refractivity contribution is 4.94. The van der Waals surface area contributed by atoms with Gasteiger partial charge in [0, 0.05) is 31.2 Å². The van der Waals surface area contributed by atoms with Gasteiger partial charge in [-0.05, 0) is 52.6 Å². The summed E-state index contributed by atoms with van der Waals surface area (Å²) in [6.45, 7) is 13.6. The van der Waals surface area contributed by atoms with Crippen molar-refractivity contribution in [3.05, 3.63) is 0 Å². The molecule has 0 radical (unpaired) electrons. The van der Waals surface area contributed by atoms with Crippen LogP contribution < -0.4 is 5.73 Å². The van der Waals surface area contributed by atoms with Gasteiger partial charge >= 0.3 is 0 Å². The summed E-state index contributed by atoms with van der Waals surface area (Å²) in [4.78, 5) is 5.17. The molecule has 1 aliphatic rings. The van der Waals surface area contributed by atoms with Crippen molar-refractivity contribution < 1.29 is 0 Å². The van der Waals surface area contributed by atoms with Gasteiger partial charge in [0.15, 0.2) is 0 Å². The number of likely N-dealkylation sites (tertiary alicyclic amines) is 1. The van der Waals surface area contributed by atoms with Crippen LogP contribution in [0.15, 0.2) is 0 Å². The predicted octanol–water partition coefficient (Wildman–Crippen LogP) is 2.56. The summed E-state index contributed by atoms with van der Waals surface area (Å²) >= 11 is 0. The quantitative estimate of drug-likeness (QED) is 0.804. The van der Waals surface area contributed by atoms with Crippen molar-refractivity contribution in [1.29, 1.82) is 0 Å². The molecule has 0 aromatic carbocycles. The van der Waals surface area contributed by atoms with Crippen LogP contribution in [0, 0.1) is 5.92 Å². The molecule has 2 atom stereocenters. The Morgan fingerprint density at radius 1 is 1.21 bits per heavy atom. The SMILES string of the molecule is CCC(C)CN(C)C1(CN)CCCN(C(C)C)CC1. The molecule has 3 heteroatoms. The van der Waals surface area contributed by atoms with Crippen molar-refractivity contribution >= 4 is 0 Å². The fraction of sp³-hybridized carbons (Fsp3) is 1.00. The minimum atomic E-state index is 0.229. The van der Waals surface area contributed by atoms with Crippen molar-refractivity contribution in [1.82, 2.24) is 9.80 Å². The Bertz CT molecular complexity index is 254. The smallest absolute Gasteiger partial charge is 0.0341 e. The van der Waals surface area contributed by atoms with Gasteiger partial charge in [-0.25, -0.2) is 0 Å². The van der Waals surface area contributed by atoms with Crippen LogP contribution in [0.3, 0.4) is 0 Å². The summed E-state index contributed by atoms with van der Waals surface area (Å²) in [6, 6.07) is 0.661. The monoisotopic (exact) mass is 269 g/mol. The maximum Gasteiger partial charge on any atom is 0.0341 e. The van der Waals surface area contributed by atoms with E-state index >= 15 is 0 Å². The molecule has 114 valence electrons.